The highest BCUT2D eigenvalue weighted by atomic mass is 28.2. The van der Waals surface area contributed by atoms with Crippen LogP contribution in [0.25, 0.3) is 0 Å². The Bertz CT molecular complexity index is 18.5. The number of hydrogen-bond acceptors (Lipinski definition) is 3. The maximum atomic E-state index is 3.03. The van der Waals surface area contributed by atoms with Crippen molar-refractivity contribution in [2.45, 2.75) is 0 Å². The fraction of sp³-hybridized carbons (Fsp3) is 1.00. The molecule has 0 spiro atoms. The predicted molar refractivity (Wildman–Crippen MR) is 20.0 cm³/mol. The van der Waals surface area contributed by atoms with Gasteiger partial charge < -0.3 is 4.98 Å². The van der Waals surface area contributed by atoms with Crippen LogP contribution in [-0.4, -0.2) is 16.5 Å². The van der Waals surface area contributed by atoms with Crippen molar-refractivity contribution in [3.8, 4) is 0 Å². The molecule has 3 nitrogen and oxygen atoms in total. The third kappa shape index (κ3) is 0.693. The average Bonchev–Trinajstić information content (AvgIpc) is 1.76. The third-order valence-corrected chi connectivity index (χ3v) is 1.07. The van der Waals surface area contributed by atoms with Crippen LogP contribution in [0.4, 0.5) is 0 Å². The molecule has 0 aromatic carbocycles. The first-order valence-corrected chi connectivity index (χ1v) is 2.46. The topological polar surface area (TPSA) is 36.1 Å². The Balaban J connectivity index is 2.08. The van der Waals surface area contributed by atoms with Crippen LogP contribution in [0.2, 0.25) is 0 Å². The van der Waals surface area contributed by atoms with Crippen molar-refractivity contribution in [3.63, 3.8) is 0 Å². The van der Waals surface area contributed by atoms with E-state index in [2.05, 4.69) is 15.5 Å². The molecule has 1 saturated heterocycles. The zero-order valence-electron chi connectivity index (χ0n) is 2.71. The lowest BCUT2D eigenvalue weighted by atomic mass is 11.2. The largest absolute Gasteiger partial charge is 0.312 e. The average molecular weight is 87.2 g/mol. The molecule has 1 aliphatic heterocycles. The molecule has 5 heavy (non-hydrogen) atoms. The number of hydrazine groups is 1. The van der Waals surface area contributed by atoms with Gasteiger partial charge in [-0.25, -0.2) is 5.43 Å². The lowest BCUT2D eigenvalue weighted by Gasteiger charge is -1.78. The van der Waals surface area contributed by atoms with Crippen LogP contribution in [0.15, 0.2) is 0 Å². The number of hydrogen-bond donors (Lipinski definition) is 3. The van der Waals surface area contributed by atoms with E-state index in [4.69, 9.17) is 0 Å². The van der Waals surface area contributed by atoms with Gasteiger partial charge in [-0.05, 0) is 0 Å². The van der Waals surface area contributed by atoms with E-state index in [0.717, 1.165) is 6.67 Å². The Morgan fingerprint density at radius 1 is 1.60 bits per heavy atom. The molecule has 1 rings (SSSR count). The Kier molecular flexibility index (Phi) is 0.996. The summed E-state index contributed by atoms with van der Waals surface area (Å²) in [5.74, 6) is 0. The maximum absolute atomic E-state index is 3.03. The van der Waals surface area contributed by atoms with Gasteiger partial charge in [-0.3, -0.25) is 5.09 Å². The molecular formula is CH5N3Si. The highest BCUT2D eigenvalue weighted by molar-refractivity contribution is 6.29. The van der Waals surface area contributed by atoms with Crippen molar-refractivity contribution in [2.75, 3.05) is 6.67 Å². The summed E-state index contributed by atoms with van der Waals surface area (Å²) in [6, 6.07) is 0. The van der Waals surface area contributed by atoms with Gasteiger partial charge in [-0.15, -0.1) is 0 Å². The van der Waals surface area contributed by atoms with Gasteiger partial charge in [-0.1, -0.05) is 0 Å². The van der Waals surface area contributed by atoms with Crippen molar-refractivity contribution in [3.05, 3.63) is 0 Å². The smallest absolute Gasteiger partial charge is 0.261 e. The molecule has 3 N–H and O–H groups in total. The molecule has 1 heterocycles. The molecule has 2 radical (unpaired) electrons. The Hall–Kier alpha value is 0.0969. The summed E-state index contributed by atoms with van der Waals surface area (Å²) in [6.07, 6.45) is 0. The number of rotatable bonds is 0. The first-order chi connectivity index (χ1) is 2.50. The lowest BCUT2D eigenvalue weighted by molar-refractivity contribution is 0.726. The van der Waals surface area contributed by atoms with E-state index in [0.29, 0.717) is 9.84 Å². The van der Waals surface area contributed by atoms with Crippen LogP contribution in [-0.2, 0) is 0 Å². The second-order valence-electron chi connectivity index (χ2n) is 0.780. The van der Waals surface area contributed by atoms with Gasteiger partial charge in [0.05, 0.1) is 6.67 Å². The SMILES string of the molecule is C1NN[Si]N1. The van der Waals surface area contributed by atoms with Crippen molar-refractivity contribution >= 4 is 9.84 Å². The van der Waals surface area contributed by atoms with Crippen LogP contribution in [0.5, 0.6) is 0 Å². The first-order valence-electron chi connectivity index (χ1n) is 1.46. The van der Waals surface area contributed by atoms with Crippen LogP contribution in [0.1, 0.15) is 0 Å². The van der Waals surface area contributed by atoms with Gasteiger partial charge in [0.1, 0.15) is 0 Å². The molecule has 1 fully saturated rings. The third-order valence-electron chi connectivity index (χ3n) is 0.416. The van der Waals surface area contributed by atoms with E-state index in [-0.39, 0.29) is 0 Å². The molecular weight excluding hydrogens is 82.1 g/mol. The fourth-order valence-corrected chi connectivity index (χ4v) is 0.663. The summed E-state index contributed by atoms with van der Waals surface area (Å²) in [5, 5.41) is 2.89. The van der Waals surface area contributed by atoms with Gasteiger partial charge in [-0.2, -0.15) is 0 Å². The van der Waals surface area contributed by atoms with E-state index >= 15 is 0 Å². The van der Waals surface area contributed by atoms with Gasteiger partial charge in [0.2, 0.25) is 0 Å². The molecule has 0 aliphatic carbocycles. The van der Waals surface area contributed by atoms with Gasteiger partial charge >= 0.3 is 0 Å². The zero-order chi connectivity index (χ0) is 3.54. The normalized spacial score (nSPS) is 24.0. The summed E-state index contributed by atoms with van der Waals surface area (Å²) in [6.45, 7) is 0.901. The molecule has 0 saturated carbocycles. The van der Waals surface area contributed by atoms with Crippen molar-refractivity contribution in [2.24, 2.45) is 0 Å². The van der Waals surface area contributed by atoms with E-state index in [1.54, 1.807) is 0 Å². The highest BCUT2D eigenvalue weighted by Gasteiger charge is 1.92. The Morgan fingerprint density at radius 3 is 2.80 bits per heavy atom. The minimum Gasteiger partial charge on any atom is -0.312 e. The van der Waals surface area contributed by atoms with Crippen LogP contribution < -0.4 is 15.5 Å². The minimum absolute atomic E-state index is 0.698. The molecule has 28 valence electrons. The molecule has 1 aliphatic rings. The van der Waals surface area contributed by atoms with Crippen LogP contribution in [0.3, 0.4) is 0 Å². The monoisotopic (exact) mass is 87.0 g/mol. The molecule has 0 aromatic heterocycles. The van der Waals surface area contributed by atoms with E-state index in [9.17, 15) is 0 Å². The quantitative estimate of drug-likeness (QED) is 0.304. The van der Waals surface area contributed by atoms with Crippen LogP contribution >= 0.6 is 0 Å². The van der Waals surface area contributed by atoms with Crippen molar-refractivity contribution in [1.82, 2.24) is 15.5 Å². The van der Waals surface area contributed by atoms with E-state index < -0.39 is 0 Å². The van der Waals surface area contributed by atoms with Gasteiger partial charge in [0.15, 0.2) is 0 Å². The summed E-state index contributed by atoms with van der Waals surface area (Å²) >= 11 is 0. The lowest BCUT2D eigenvalue weighted by Crippen LogP contribution is -2.23. The highest BCUT2D eigenvalue weighted by Crippen LogP contribution is 1.48. The van der Waals surface area contributed by atoms with Crippen LogP contribution in [0, 0.1) is 0 Å². The summed E-state index contributed by atoms with van der Waals surface area (Å²) in [7, 11) is 0.698. The van der Waals surface area contributed by atoms with Crippen molar-refractivity contribution in [1.29, 1.82) is 0 Å². The first kappa shape index (κ1) is 3.29. The summed E-state index contributed by atoms with van der Waals surface area (Å²) < 4.78 is 0. The standard InChI is InChI=1S/CH5N3Si/c1-2-4-5-3-1/h2-4H,1H2. The van der Waals surface area contributed by atoms with E-state index in [1.807, 2.05) is 0 Å². The van der Waals surface area contributed by atoms with E-state index in [1.165, 1.54) is 0 Å². The molecule has 0 atom stereocenters. The Labute approximate surface area is 33.1 Å². The Morgan fingerprint density at radius 2 is 2.60 bits per heavy atom. The second-order valence-corrected chi connectivity index (χ2v) is 1.63. The predicted octanol–water partition coefficient (Wildman–Crippen LogP) is -1.82. The minimum atomic E-state index is 0.698. The zero-order valence-corrected chi connectivity index (χ0v) is 3.71. The maximum Gasteiger partial charge on any atom is 0.261 e. The molecule has 0 unspecified atom stereocenters. The van der Waals surface area contributed by atoms with Crippen molar-refractivity contribution < 1.29 is 0 Å². The van der Waals surface area contributed by atoms with Gasteiger partial charge in [0, 0.05) is 0 Å². The fourth-order valence-electron chi connectivity index (χ4n) is 0.221. The molecule has 0 bridgehead atoms. The number of nitrogens with one attached hydrogen (secondary N) is 3. The second kappa shape index (κ2) is 1.51. The summed E-state index contributed by atoms with van der Waals surface area (Å²) in [5.41, 5.74) is 2.87. The molecule has 0 amide bonds. The molecule has 0 aromatic rings. The summed E-state index contributed by atoms with van der Waals surface area (Å²) in [4.78, 5) is 3.03. The molecule has 4 heteroatoms. The van der Waals surface area contributed by atoms with Gasteiger partial charge in [0.25, 0.3) is 9.84 Å².